The van der Waals surface area contributed by atoms with Gasteiger partial charge >= 0.3 is 5.97 Å². The topological polar surface area (TPSA) is 76.1 Å². The van der Waals surface area contributed by atoms with E-state index in [1.165, 1.54) is 14.2 Å². The van der Waals surface area contributed by atoms with Crippen LogP contribution in [0.2, 0.25) is 0 Å². The lowest BCUT2D eigenvalue weighted by atomic mass is 10.0. The molecule has 116 valence electrons. The molecule has 0 aliphatic rings. The number of fused-ring (bicyclic) bond motifs is 1. The molecule has 1 N–H and O–H groups in total. The van der Waals surface area contributed by atoms with Gasteiger partial charge in [-0.3, -0.25) is 9.63 Å². The highest BCUT2D eigenvalue weighted by Gasteiger charge is 2.32. The maximum absolute atomic E-state index is 12.7. The molecule has 0 heterocycles. The maximum atomic E-state index is 12.7. The third-order valence-electron chi connectivity index (χ3n) is 3.35. The van der Waals surface area contributed by atoms with Crippen LogP contribution in [-0.2, 0) is 14.4 Å². The molecule has 0 bridgehead atoms. The first-order valence-corrected chi connectivity index (χ1v) is 6.68. The van der Waals surface area contributed by atoms with Gasteiger partial charge in [0.05, 0.1) is 20.8 Å². The fourth-order valence-electron chi connectivity index (χ4n) is 2.26. The highest BCUT2D eigenvalue weighted by molar-refractivity contribution is 6.07. The number of hydrogen-bond donors (Lipinski definition) is 1. The van der Waals surface area contributed by atoms with Gasteiger partial charge in [-0.2, -0.15) is 0 Å². The summed E-state index contributed by atoms with van der Waals surface area (Å²) in [6.07, 6.45) is 0. The summed E-state index contributed by atoms with van der Waals surface area (Å²) in [5.41, 5.74) is 0.377. The van der Waals surface area contributed by atoms with E-state index in [1.807, 2.05) is 30.3 Å². The first-order chi connectivity index (χ1) is 10.6. The SMILES string of the molecule is COC(=O)C(CO)N(OC)C(=O)c1cccc2ccccc12. The molecular weight excluding hydrogens is 286 g/mol. The number of carbonyl (C=O) groups is 2. The van der Waals surface area contributed by atoms with Crippen LogP contribution in [-0.4, -0.2) is 48.9 Å². The standard InChI is InChI=1S/C16H17NO5/c1-21-16(20)14(10-18)17(22-2)15(19)13-9-5-7-11-6-3-4-8-12(11)13/h3-9,14,18H,10H2,1-2H3. The van der Waals surface area contributed by atoms with Gasteiger partial charge in [0, 0.05) is 5.56 Å². The summed E-state index contributed by atoms with van der Waals surface area (Å²) < 4.78 is 4.59. The Kier molecular flexibility index (Phi) is 5.08. The molecule has 0 aliphatic carbocycles. The lowest BCUT2D eigenvalue weighted by molar-refractivity contribution is -0.173. The minimum Gasteiger partial charge on any atom is -0.467 e. The fraction of sp³-hybridized carbons (Fsp3) is 0.250. The summed E-state index contributed by atoms with van der Waals surface area (Å²) in [6.45, 7) is -0.600. The van der Waals surface area contributed by atoms with Crippen molar-refractivity contribution in [3.05, 3.63) is 48.0 Å². The number of ether oxygens (including phenoxy) is 1. The van der Waals surface area contributed by atoms with Crippen molar-refractivity contribution in [2.24, 2.45) is 0 Å². The summed E-state index contributed by atoms with van der Waals surface area (Å²) in [5.74, 6) is -1.28. The van der Waals surface area contributed by atoms with E-state index in [2.05, 4.69) is 4.74 Å². The summed E-state index contributed by atoms with van der Waals surface area (Å²) in [6, 6.07) is 11.4. The predicted molar refractivity (Wildman–Crippen MR) is 80.0 cm³/mol. The predicted octanol–water partition coefficient (Wildman–Crippen LogP) is 1.38. The lowest BCUT2D eigenvalue weighted by Crippen LogP contribution is -2.47. The van der Waals surface area contributed by atoms with E-state index in [0.717, 1.165) is 15.8 Å². The molecule has 2 aromatic rings. The van der Waals surface area contributed by atoms with Gasteiger partial charge in [-0.15, -0.1) is 0 Å². The van der Waals surface area contributed by atoms with Crippen LogP contribution in [0.5, 0.6) is 0 Å². The van der Waals surface area contributed by atoms with E-state index >= 15 is 0 Å². The third kappa shape index (κ3) is 2.93. The van der Waals surface area contributed by atoms with E-state index in [9.17, 15) is 14.7 Å². The first kappa shape index (κ1) is 15.9. The van der Waals surface area contributed by atoms with Gasteiger partial charge in [0.1, 0.15) is 0 Å². The van der Waals surface area contributed by atoms with Gasteiger partial charge in [0.15, 0.2) is 6.04 Å². The second-order valence-corrected chi connectivity index (χ2v) is 4.56. The van der Waals surface area contributed by atoms with E-state index in [0.29, 0.717) is 5.56 Å². The molecule has 6 nitrogen and oxygen atoms in total. The Morgan fingerprint density at radius 2 is 1.82 bits per heavy atom. The Labute approximate surface area is 127 Å². The zero-order valence-electron chi connectivity index (χ0n) is 12.4. The second-order valence-electron chi connectivity index (χ2n) is 4.56. The van der Waals surface area contributed by atoms with Crippen molar-refractivity contribution in [2.45, 2.75) is 6.04 Å². The molecule has 1 atom stereocenters. The molecule has 2 aromatic carbocycles. The van der Waals surface area contributed by atoms with Crippen molar-refractivity contribution >= 4 is 22.6 Å². The number of hydroxylamine groups is 2. The van der Waals surface area contributed by atoms with E-state index in [4.69, 9.17) is 4.84 Å². The molecule has 0 fully saturated rings. The maximum Gasteiger partial charge on any atom is 0.333 e. The molecule has 0 aliphatic heterocycles. The highest BCUT2D eigenvalue weighted by Crippen LogP contribution is 2.21. The summed E-state index contributed by atoms with van der Waals surface area (Å²) in [4.78, 5) is 29.4. The van der Waals surface area contributed by atoms with Crippen molar-refractivity contribution in [2.75, 3.05) is 20.8 Å². The fourth-order valence-corrected chi connectivity index (χ4v) is 2.26. The Morgan fingerprint density at radius 3 is 2.45 bits per heavy atom. The average molecular weight is 303 g/mol. The summed E-state index contributed by atoms with van der Waals surface area (Å²) in [5, 5.41) is 11.8. The number of benzene rings is 2. The summed E-state index contributed by atoms with van der Waals surface area (Å²) >= 11 is 0. The number of nitrogens with zero attached hydrogens (tertiary/aromatic N) is 1. The third-order valence-corrected chi connectivity index (χ3v) is 3.35. The molecule has 0 aromatic heterocycles. The second kappa shape index (κ2) is 7.02. The van der Waals surface area contributed by atoms with Gasteiger partial charge < -0.3 is 9.84 Å². The van der Waals surface area contributed by atoms with E-state index in [1.54, 1.807) is 12.1 Å². The first-order valence-electron chi connectivity index (χ1n) is 6.68. The van der Waals surface area contributed by atoms with Crippen LogP contribution in [0.25, 0.3) is 10.8 Å². The molecule has 6 heteroatoms. The number of amides is 1. The Balaban J connectivity index is 2.45. The Morgan fingerprint density at radius 1 is 1.14 bits per heavy atom. The number of rotatable bonds is 5. The molecule has 0 saturated heterocycles. The molecule has 22 heavy (non-hydrogen) atoms. The van der Waals surface area contributed by atoms with E-state index < -0.39 is 24.5 Å². The smallest absolute Gasteiger partial charge is 0.333 e. The van der Waals surface area contributed by atoms with Gasteiger partial charge in [-0.1, -0.05) is 36.4 Å². The summed E-state index contributed by atoms with van der Waals surface area (Å²) in [7, 11) is 2.44. The molecule has 0 radical (unpaired) electrons. The van der Waals surface area contributed by atoms with Crippen LogP contribution in [0, 0.1) is 0 Å². The van der Waals surface area contributed by atoms with Crippen molar-refractivity contribution in [1.29, 1.82) is 0 Å². The van der Waals surface area contributed by atoms with Crippen LogP contribution in [0.3, 0.4) is 0 Å². The minimum atomic E-state index is -1.22. The van der Waals surface area contributed by atoms with Gasteiger partial charge in [0.2, 0.25) is 0 Å². The molecular formula is C16H17NO5. The monoisotopic (exact) mass is 303 g/mol. The van der Waals surface area contributed by atoms with Gasteiger partial charge in [0.25, 0.3) is 5.91 Å². The molecule has 1 unspecified atom stereocenters. The minimum absolute atomic E-state index is 0.377. The molecule has 0 spiro atoms. The lowest BCUT2D eigenvalue weighted by Gasteiger charge is -2.26. The number of hydrogen-bond acceptors (Lipinski definition) is 5. The number of methoxy groups -OCH3 is 1. The molecule has 0 saturated carbocycles. The highest BCUT2D eigenvalue weighted by atomic mass is 16.7. The zero-order valence-corrected chi connectivity index (χ0v) is 12.4. The van der Waals surface area contributed by atoms with Crippen LogP contribution < -0.4 is 0 Å². The van der Waals surface area contributed by atoms with Gasteiger partial charge in [-0.05, 0) is 16.8 Å². The number of carbonyl (C=O) groups excluding carboxylic acids is 2. The van der Waals surface area contributed by atoms with Crippen LogP contribution >= 0.6 is 0 Å². The van der Waals surface area contributed by atoms with Crippen molar-refractivity contribution in [1.82, 2.24) is 5.06 Å². The zero-order chi connectivity index (χ0) is 16.1. The van der Waals surface area contributed by atoms with Crippen LogP contribution in [0.1, 0.15) is 10.4 Å². The van der Waals surface area contributed by atoms with Gasteiger partial charge in [-0.25, -0.2) is 9.86 Å². The number of aliphatic hydroxyl groups is 1. The Bertz CT molecular complexity index is 680. The number of esters is 1. The van der Waals surface area contributed by atoms with Crippen molar-refractivity contribution in [3.63, 3.8) is 0 Å². The Hall–Kier alpha value is -2.44. The van der Waals surface area contributed by atoms with Crippen LogP contribution in [0.4, 0.5) is 0 Å². The quantitative estimate of drug-likeness (QED) is 0.667. The van der Waals surface area contributed by atoms with Crippen molar-refractivity contribution < 1.29 is 24.3 Å². The molecule has 2 rings (SSSR count). The average Bonchev–Trinajstić information content (AvgIpc) is 2.57. The molecule has 1 amide bonds. The van der Waals surface area contributed by atoms with Crippen LogP contribution in [0.15, 0.2) is 42.5 Å². The van der Waals surface area contributed by atoms with Crippen molar-refractivity contribution in [3.8, 4) is 0 Å². The largest absolute Gasteiger partial charge is 0.467 e. The van der Waals surface area contributed by atoms with E-state index in [-0.39, 0.29) is 0 Å². The normalized spacial score (nSPS) is 12.0. The number of aliphatic hydroxyl groups excluding tert-OH is 1.